The van der Waals surface area contributed by atoms with Crippen LogP contribution in [0.1, 0.15) is 82.3 Å². The SMILES string of the molecule is CCCCCCCCCCCCc1c2[n+](cc3c(NCCN(C)C)c(OC)ccc13)CCc1cc3c(cc1-2)OCO3.[Cl-]. The second kappa shape index (κ2) is 15.7. The van der Waals surface area contributed by atoms with E-state index in [0.29, 0.717) is 6.79 Å². The summed E-state index contributed by atoms with van der Waals surface area (Å²) in [5.74, 6) is 2.65. The van der Waals surface area contributed by atoms with Crippen molar-refractivity contribution in [2.45, 2.75) is 90.5 Å². The van der Waals surface area contributed by atoms with Gasteiger partial charge in [-0.25, -0.2) is 0 Å². The molecule has 2 aliphatic rings. The van der Waals surface area contributed by atoms with Gasteiger partial charge in [-0.2, -0.15) is 4.57 Å². The lowest BCUT2D eigenvalue weighted by Gasteiger charge is -2.22. The summed E-state index contributed by atoms with van der Waals surface area (Å²) >= 11 is 0. The van der Waals surface area contributed by atoms with Crippen molar-refractivity contribution in [2.75, 3.05) is 46.4 Å². The first-order chi connectivity index (χ1) is 20.1. The van der Waals surface area contributed by atoms with Crippen LogP contribution in [0.15, 0.2) is 30.5 Å². The first-order valence-electron chi connectivity index (χ1n) is 16.0. The van der Waals surface area contributed by atoms with Gasteiger partial charge in [0.05, 0.1) is 23.7 Å². The largest absolute Gasteiger partial charge is 1.00 e. The van der Waals surface area contributed by atoms with Gasteiger partial charge in [0, 0.05) is 25.1 Å². The van der Waals surface area contributed by atoms with Crippen LogP contribution in [0.25, 0.3) is 22.0 Å². The molecule has 0 bridgehead atoms. The molecule has 0 amide bonds. The Morgan fingerprint density at radius 1 is 0.905 bits per heavy atom. The zero-order valence-electron chi connectivity index (χ0n) is 26.2. The van der Waals surface area contributed by atoms with Crippen molar-refractivity contribution in [3.63, 3.8) is 0 Å². The number of anilines is 1. The number of fused-ring (bicyclic) bond motifs is 5. The van der Waals surface area contributed by atoms with Crippen LogP contribution in [-0.4, -0.2) is 46.0 Å². The number of nitrogens with zero attached hydrogens (tertiary/aromatic N) is 2. The number of unbranched alkanes of at least 4 members (excludes halogenated alkanes) is 9. The molecule has 0 atom stereocenters. The standard InChI is InChI=1S/C35H49N3O3.ClH/c1-5-6-7-8-9-10-11-12-13-14-15-28-27-16-17-31(39-4)34(36-19-21-37(2)3)30(27)24-38-20-18-26-22-32-33(41-25-40-32)23-29(26)35(28)38;/h16-17,22-24H,5-15,18-21,25H2,1-4H3;1H. The van der Waals surface area contributed by atoms with Crippen LogP contribution in [0.5, 0.6) is 17.2 Å². The second-order valence-corrected chi connectivity index (χ2v) is 12.0. The minimum atomic E-state index is 0. The number of rotatable bonds is 16. The highest BCUT2D eigenvalue weighted by molar-refractivity contribution is 6.00. The molecular formula is C35H50ClN3O3. The maximum atomic E-state index is 5.85. The van der Waals surface area contributed by atoms with Gasteiger partial charge in [-0.05, 0) is 62.2 Å². The number of halogens is 1. The van der Waals surface area contributed by atoms with Gasteiger partial charge in [-0.15, -0.1) is 0 Å². The number of ether oxygens (including phenoxy) is 3. The van der Waals surface area contributed by atoms with Crippen molar-refractivity contribution < 1.29 is 31.2 Å². The molecule has 5 rings (SSSR count). The molecule has 3 heterocycles. The number of hydrogen-bond donors (Lipinski definition) is 1. The fraction of sp³-hybridized carbons (Fsp3) is 0.571. The summed E-state index contributed by atoms with van der Waals surface area (Å²) in [6.45, 7) is 5.38. The summed E-state index contributed by atoms with van der Waals surface area (Å²) in [6, 6.07) is 8.84. The van der Waals surface area contributed by atoms with Gasteiger partial charge in [0.2, 0.25) is 12.5 Å². The lowest BCUT2D eigenvalue weighted by molar-refractivity contribution is -0.686. The molecule has 0 fully saturated rings. The minimum absolute atomic E-state index is 0. The van der Waals surface area contributed by atoms with E-state index >= 15 is 0 Å². The zero-order chi connectivity index (χ0) is 28.6. The highest BCUT2D eigenvalue weighted by Gasteiger charge is 2.32. The Balaban J connectivity index is 0.00000405. The van der Waals surface area contributed by atoms with Gasteiger partial charge in [-0.3, -0.25) is 0 Å². The summed E-state index contributed by atoms with van der Waals surface area (Å²) < 4.78 is 19.9. The average Bonchev–Trinajstić information content (AvgIpc) is 3.43. The van der Waals surface area contributed by atoms with E-state index in [-0.39, 0.29) is 12.4 Å². The van der Waals surface area contributed by atoms with Crippen LogP contribution < -0.4 is 36.5 Å². The Labute approximate surface area is 259 Å². The molecule has 3 aromatic rings. The predicted octanol–water partition coefficient (Wildman–Crippen LogP) is 4.53. The number of aryl methyl sites for hydroxylation is 3. The lowest BCUT2D eigenvalue weighted by atomic mass is 9.89. The Hall–Kier alpha value is -2.70. The normalized spacial score (nSPS) is 13.2. The third kappa shape index (κ3) is 7.44. The molecule has 0 aliphatic carbocycles. The first kappa shape index (κ1) is 32.2. The fourth-order valence-electron chi connectivity index (χ4n) is 6.46. The van der Waals surface area contributed by atoms with E-state index in [1.807, 2.05) is 0 Å². The maximum absolute atomic E-state index is 5.85. The molecule has 0 radical (unpaired) electrons. The monoisotopic (exact) mass is 595 g/mol. The predicted molar refractivity (Wildman–Crippen MR) is 169 cm³/mol. The number of aromatic nitrogens is 1. The zero-order valence-corrected chi connectivity index (χ0v) is 27.0. The van der Waals surface area contributed by atoms with Gasteiger partial charge in [-0.1, -0.05) is 64.7 Å². The van der Waals surface area contributed by atoms with Crippen LogP contribution in [-0.2, 0) is 19.4 Å². The molecule has 0 spiro atoms. The molecule has 6 nitrogen and oxygen atoms in total. The van der Waals surface area contributed by atoms with E-state index in [4.69, 9.17) is 14.2 Å². The summed E-state index contributed by atoms with van der Waals surface area (Å²) in [6.07, 6.45) is 17.9. The minimum Gasteiger partial charge on any atom is -1.00 e. The highest BCUT2D eigenvalue weighted by Crippen LogP contribution is 2.43. The van der Waals surface area contributed by atoms with Crippen LogP contribution in [0, 0.1) is 0 Å². The van der Waals surface area contributed by atoms with Crippen LogP contribution in [0.2, 0.25) is 0 Å². The number of likely N-dealkylation sites (N-methyl/N-ethyl adjacent to an activating group) is 1. The van der Waals surface area contributed by atoms with E-state index in [9.17, 15) is 0 Å². The first-order valence-corrected chi connectivity index (χ1v) is 16.0. The maximum Gasteiger partial charge on any atom is 0.231 e. The smallest absolute Gasteiger partial charge is 0.231 e. The third-order valence-corrected chi connectivity index (χ3v) is 8.73. The molecule has 1 aromatic heterocycles. The Bertz CT molecular complexity index is 1330. The van der Waals surface area contributed by atoms with Gasteiger partial charge in [0.25, 0.3) is 0 Å². The van der Waals surface area contributed by atoms with Crippen molar-refractivity contribution >= 4 is 16.5 Å². The molecule has 0 unspecified atom stereocenters. The number of hydrogen-bond acceptors (Lipinski definition) is 5. The summed E-state index contributed by atoms with van der Waals surface area (Å²) in [5, 5.41) is 6.29. The van der Waals surface area contributed by atoms with Crippen LogP contribution >= 0.6 is 0 Å². The van der Waals surface area contributed by atoms with Crippen LogP contribution in [0.3, 0.4) is 0 Å². The van der Waals surface area contributed by atoms with Crippen LogP contribution in [0.4, 0.5) is 5.69 Å². The van der Waals surface area contributed by atoms with Crippen molar-refractivity contribution in [3.05, 3.63) is 41.6 Å². The fourth-order valence-corrected chi connectivity index (χ4v) is 6.46. The van der Waals surface area contributed by atoms with Crippen molar-refractivity contribution in [1.82, 2.24) is 4.90 Å². The number of benzene rings is 2. The number of methoxy groups -OCH3 is 1. The molecule has 0 saturated heterocycles. The molecule has 0 saturated carbocycles. The molecule has 2 aromatic carbocycles. The second-order valence-electron chi connectivity index (χ2n) is 12.0. The van der Waals surface area contributed by atoms with E-state index in [2.05, 4.69) is 66.3 Å². The Kier molecular flexibility index (Phi) is 12.0. The van der Waals surface area contributed by atoms with Crippen molar-refractivity contribution in [1.29, 1.82) is 0 Å². The van der Waals surface area contributed by atoms with Crippen molar-refractivity contribution in [3.8, 4) is 28.5 Å². The van der Waals surface area contributed by atoms with E-state index in [1.165, 1.54) is 97.4 Å². The van der Waals surface area contributed by atoms with E-state index in [0.717, 1.165) is 55.4 Å². The number of pyridine rings is 1. The molecule has 7 heteroatoms. The van der Waals surface area contributed by atoms with Gasteiger partial charge >= 0.3 is 0 Å². The lowest BCUT2D eigenvalue weighted by Crippen LogP contribution is -3.00. The topological polar surface area (TPSA) is 46.8 Å². The Morgan fingerprint density at radius 3 is 2.29 bits per heavy atom. The molecule has 2 aliphatic heterocycles. The quantitative estimate of drug-likeness (QED) is 0.195. The summed E-state index contributed by atoms with van der Waals surface area (Å²) in [4.78, 5) is 2.21. The number of nitrogens with one attached hydrogen (secondary N) is 1. The van der Waals surface area contributed by atoms with E-state index in [1.54, 1.807) is 7.11 Å². The third-order valence-electron chi connectivity index (χ3n) is 8.73. The summed E-state index contributed by atoms with van der Waals surface area (Å²) in [7, 11) is 6.00. The summed E-state index contributed by atoms with van der Waals surface area (Å²) in [5.41, 5.74) is 6.54. The highest BCUT2D eigenvalue weighted by atomic mass is 35.5. The molecule has 230 valence electrons. The molecule has 1 N–H and O–H groups in total. The Morgan fingerprint density at radius 2 is 1.60 bits per heavy atom. The molecular weight excluding hydrogens is 546 g/mol. The van der Waals surface area contributed by atoms with Gasteiger partial charge < -0.3 is 36.8 Å². The molecule has 42 heavy (non-hydrogen) atoms. The average molecular weight is 596 g/mol. The van der Waals surface area contributed by atoms with Gasteiger partial charge in [0.15, 0.2) is 24.2 Å². The van der Waals surface area contributed by atoms with Crippen molar-refractivity contribution in [2.24, 2.45) is 0 Å². The van der Waals surface area contributed by atoms with Gasteiger partial charge in [0.1, 0.15) is 5.75 Å². The van der Waals surface area contributed by atoms with E-state index < -0.39 is 0 Å².